The highest BCUT2D eigenvalue weighted by Gasteiger charge is 2.55. The largest absolute Gasteiger partial charge is 0.463 e. The van der Waals surface area contributed by atoms with Crippen LogP contribution in [0.2, 0.25) is 0 Å². The minimum Gasteiger partial charge on any atom is -0.463 e. The molecule has 0 saturated carbocycles. The number of fused-ring (bicyclic) bond motifs is 1. The van der Waals surface area contributed by atoms with E-state index in [2.05, 4.69) is 20.3 Å². The Morgan fingerprint density at radius 2 is 2.09 bits per heavy atom. The number of aromatic nitrogens is 4. The fraction of sp³-hybridized carbons (Fsp3) is 0.632. The number of amides is 1. The number of hydrogen-bond donors (Lipinski definition) is 4. The molecule has 4 N–H and O–H groups in total. The van der Waals surface area contributed by atoms with Crippen molar-refractivity contribution in [2.24, 2.45) is 5.92 Å². The molecule has 0 bridgehead atoms. The first-order valence-electron chi connectivity index (χ1n) is 10.1. The van der Waals surface area contributed by atoms with Gasteiger partial charge in [-0.25, -0.2) is 4.98 Å². The van der Waals surface area contributed by atoms with Gasteiger partial charge in [0, 0.05) is 12.8 Å². The predicted molar refractivity (Wildman–Crippen MR) is 110 cm³/mol. The van der Waals surface area contributed by atoms with Crippen molar-refractivity contribution in [3.63, 3.8) is 0 Å². The summed E-state index contributed by atoms with van der Waals surface area (Å²) < 4.78 is 17.6. The first kappa shape index (κ1) is 23.8. The molecule has 1 amide bonds. The molecule has 0 aliphatic carbocycles. The van der Waals surface area contributed by atoms with Gasteiger partial charge in [-0.1, -0.05) is 13.8 Å². The van der Waals surface area contributed by atoms with Gasteiger partial charge in [0.15, 0.2) is 16.9 Å². The van der Waals surface area contributed by atoms with E-state index in [0.717, 1.165) is 0 Å². The predicted octanol–water partition coefficient (Wildman–Crippen LogP) is -0.913. The second-order valence-electron chi connectivity index (χ2n) is 7.84. The number of hydrogen-bond acceptors (Lipinski definition) is 10. The number of nitrogens with zero attached hydrogens (tertiary/aromatic N) is 3. The van der Waals surface area contributed by atoms with E-state index >= 15 is 0 Å². The van der Waals surface area contributed by atoms with E-state index in [4.69, 9.17) is 14.2 Å². The van der Waals surface area contributed by atoms with E-state index < -0.39 is 35.6 Å². The van der Waals surface area contributed by atoms with E-state index in [0.29, 0.717) is 0 Å². The smallest absolute Gasteiger partial charge is 0.302 e. The summed E-state index contributed by atoms with van der Waals surface area (Å²) in [4.78, 5) is 46.2. The summed E-state index contributed by atoms with van der Waals surface area (Å²) in [6, 6.07) is 0. The Morgan fingerprint density at radius 3 is 2.69 bits per heavy atom. The summed E-state index contributed by atoms with van der Waals surface area (Å²) in [7, 11) is 0. The SMILES string of the molecule is CC(=O)OCCOC[C@@]1(n2cnc3c(=O)[nH]c(NC(=O)C(C)C)nc32)O[C@H](C)[C@@H](O)[C@H]1O. The number of nitrogens with one attached hydrogen (secondary N) is 2. The molecule has 0 aromatic carbocycles. The third-order valence-corrected chi connectivity index (χ3v) is 5.08. The Kier molecular flexibility index (Phi) is 6.93. The maximum Gasteiger partial charge on any atom is 0.302 e. The van der Waals surface area contributed by atoms with E-state index in [1.54, 1.807) is 20.8 Å². The van der Waals surface area contributed by atoms with Crippen molar-refractivity contribution in [2.75, 3.05) is 25.1 Å². The first-order chi connectivity index (χ1) is 15.1. The van der Waals surface area contributed by atoms with Gasteiger partial charge in [0.05, 0.1) is 25.6 Å². The van der Waals surface area contributed by atoms with E-state index in [-0.39, 0.29) is 48.8 Å². The summed E-state index contributed by atoms with van der Waals surface area (Å²) in [6.45, 7) is 5.91. The van der Waals surface area contributed by atoms with Crippen molar-refractivity contribution < 1.29 is 34.0 Å². The zero-order chi connectivity index (χ0) is 23.6. The van der Waals surface area contributed by atoms with Crippen LogP contribution in [0.3, 0.4) is 0 Å². The molecule has 176 valence electrons. The number of imidazole rings is 1. The number of aliphatic hydroxyl groups is 2. The van der Waals surface area contributed by atoms with Crippen molar-refractivity contribution >= 4 is 29.0 Å². The number of carbonyl (C=O) groups is 2. The molecule has 3 heterocycles. The second kappa shape index (κ2) is 9.32. The topological polar surface area (TPSA) is 178 Å². The molecule has 1 aliphatic rings. The van der Waals surface area contributed by atoms with Crippen LogP contribution in [0.1, 0.15) is 27.7 Å². The number of anilines is 1. The van der Waals surface area contributed by atoms with Crippen molar-refractivity contribution in [3.8, 4) is 0 Å². The van der Waals surface area contributed by atoms with Crippen molar-refractivity contribution in [3.05, 3.63) is 16.7 Å². The molecule has 2 aromatic heterocycles. The number of H-pyrrole nitrogens is 1. The zero-order valence-electron chi connectivity index (χ0n) is 18.2. The molecule has 32 heavy (non-hydrogen) atoms. The molecular weight excluding hydrogens is 426 g/mol. The van der Waals surface area contributed by atoms with Gasteiger partial charge in [-0.15, -0.1) is 0 Å². The van der Waals surface area contributed by atoms with Gasteiger partial charge in [-0.3, -0.25) is 29.3 Å². The maximum atomic E-state index is 12.5. The van der Waals surface area contributed by atoms with Crippen LogP contribution < -0.4 is 10.9 Å². The fourth-order valence-electron chi connectivity index (χ4n) is 3.34. The molecule has 0 spiro atoms. The monoisotopic (exact) mass is 453 g/mol. The third kappa shape index (κ3) is 4.50. The van der Waals surface area contributed by atoms with Crippen LogP contribution >= 0.6 is 0 Å². The lowest BCUT2D eigenvalue weighted by atomic mass is 10.0. The third-order valence-electron chi connectivity index (χ3n) is 5.08. The number of aromatic amines is 1. The Hall–Kier alpha value is -2.87. The van der Waals surface area contributed by atoms with Gasteiger partial charge in [0.1, 0.15) is 18.8 Å². The number of carbonyl (C=O) groups excluding carboxylic acids is 2. The minimum absolute atomic E-state index is 0.00176. The number of esters is 1. The summed E-state index contributed by atoms with van der Waals surface area (Å²) in [6.07, 6.45) is -2.25. The summed E-state index contributed by atoms with van der Waals surface area (Å²) in [5.41, 5.74) is -2.34. The van der Waals surface area contributed by atoms with Crippen molar-refractivity contribution in [2.45, 2.75) is 51.7 Å². The highest BCUT2D eigenvalue weighted by Crippen LogP contribution is 2.37. The maximum absolute atomic E-state index is 12.5. The lowest BCUT2D eigenvalue weighted by Crippen LogP contribution is -2.49. The zero-order valence-corrected chi connectivity index (χ0v) is 18.2. The Morgan fingerprint density at radius 1 is 1.38 bits per heavy atom. The normalized spacial score (nSPS) is 25.4. The highest BCUT2D eigenvalue weighted by molar-refractivity contribution is 5.91. The van der Waals surface area contributed by atoms with Crippen LogP contribution in [-0.2, 0) is 29.5 Å². The summed E-state index contributed by atoms with van der Waals surface area (Å²) in [5, 5.41) is 23.7. The van der Waals surface area contributed by atoms with Crippen LogP contribution in [0.25, 0.3) is 11.2 Å². The molecule has 1 fully saturated rings. The van der Waals surface area contributed by atoms with Crippen LogP contribution in [-0.4, -0.2) is 79.7 Å². The molecule has 13 nitrogen and oxygen atoms in total. The minimum atomic E-state index is -1.68. The molecule has 0 unspecified atom stereocenters. The van der Waals surface area contributed by atoms with E-state index in [1.165, 1.54) is 17.8 Å². The molecule has 13 heteroatoms. The molecule has 2 aromatic rings. The number of ether oxygens (including phenoxy) is 3. The molecule has 1 aliphatic heterocycles. The summed E-state index contributed by atoms with van der Waals surface area (Å²) in [5.74, 6) is -1.28. The van der Waals surface area contributed by atoms with Crippen molar-refractivity contribution in [1.29, 1.82) is 0 Å². The van der Waals surface area contributed by atoms with Crippen LogP contribution in [0.5, 0.6) is 0 Å². The molecule has 0 radical (unpaired) electrons. The van der Waals surface area contributed by atoms with Gasteiger partial charge in [-0.2, -0.15) is 4.98 Å². The lowest BCUT2D eigenvalue weighted by Gasteiger charge is -2.33. The van der Waals surface area contributed by atoms with Gasteiger partial charge in [0.2, 0.25) is 11.9 Å². The number of aliphatic hydroxyl groups excluding tert-OH is 2. The van der Waals surface area contributed by atoms with Crippen LogP contribution in [0.15, 0.2) is 11.1 Å². The lowest BCUT2D eigenvalue weighted by molar-refractivity contribution is -0.177. The molecule has 3 rings (SSSR count). The molecule has 1 saturated heterocycles. The summed E-state index contributed by atoms with van der Waals surface area (Å²) >= 11 is 0. The Balaban J connectivity index is 2.00. The van der Waals surface area contributed by atoms with Gasteiger partial charge in [0.25, 0.3) is 5.56 Å². The van der Waals surface area contributed by atoms with E-state index in [1.807, 2.05) is 0 Å². The first-order valence-corrected chi connectivity index (χ1v) is 10.1. The highest BCUT2D eigenvalue weighted by atomic mass is 16.6. The van der Waals surface area contributed by atoms with Crippen LogP contribution in [0, 0.1) is 5.92 Å². The standard InChI is InChI=1S/C19H27N5O8/c1-9(2)16(28)22-18-21-15-12(17(29)23-18)20-8-24(15)19(7-30-5-6-31-11(4)25)14(27)13(26)10(3)32-19/h8-10,13-14,26-27H,5-7H2,1-4H3,(H2,21,22,23,28,29)/t10-,13-,14-,19-/m1/s1. The van der Waals surface area contributed by atoms with Gasteiger partial charge in [-0.05, 0) is 6.92 Å². The van der Waals surface area contributed by atoms with Crippen LogP contribution in [0.4, 0.5) is 5.95 Å². The average molecular weight is 453 g/mol. The van der Waals surface area contributed by atoms with Crippen molar-refractivity contribution in [1.82, 2.24) is 19.5 Å². The fourth-order valence-corrected chi connectivity index (χ4v) is 3.34. The van der Waals surface area contributed by atoms with Gasteiger partial charge < -0.3 is 24.4 Å². The molecule has 4 atom stereocenters. The Bertz CT molecular complexity index is 1050. The number of rotatable bonds is 8. The average Bonchev–Trinajstić information content (AvgIpc) is 3.24. The quantitative estimate of drug-likeness (QED) is 0.289. The van der Waals surface area contributed by atoms with Gasteiger partial charge >= 0.3 is 5.97 Å². The van der Waals surface area contributed by atoms with E-state index in [9.17, 15) is 24.6 Å². The molecular formula is C19H27N5O8. The second-order valence-corrected chi connectivity index (χ2v) is 7.84. The Labute approximate surface area is 182 Å².